The molecule has 2 aliphatic rings. The summed E-state index contributed by atoms with van der Waals surface area (Å²) in [5.74, 6) is -4.36. The summed E-state index contributed by atoms with van der Waals surface area (Å²) in [6, 6.07) is -0.862. The molecule has 12 heteroatoms. The number of nitrogens with zero attached hydrogens (tertiary/aromatic N) is 3. The van der Waals surface area contributed by atoms with Gasteiger partial charge < -0.3 is 25.2 Å². The molecule has 1 aliphatic carbocycles. The molecule has 4 rings (SSSR count). The van der Waals surface area contributed by atoms with Crippen LogP contribution in [0, 0.1) is 12.7 Å². The number of amides is 1. The third-order valence-corrected chi connectivity index (χ3v) is 6.42. The SMILES string of the molecule is Cc1c(N2CC[C@H](N(C)C(=O)C(F)(F)F)C2)c(F)c(N)c2c(=O)c(C(=O)O)cn(C3CC3)c12. The van der Waals surface area contributed by atoms with Gasteiger partial charge in [-0.05, 0) is 31.7 Å². The van der Waals surface area contributed by atoms with E-state index in [0.29, 0.717) is 16.0 Å². The Hall–Kier alpha value is -3.31. The van der Waals surface area contributed by atoms with Crippen LogP contribution in [-0.2, 0) is 4.79 Å². The lowest BCUT2D eigenvalue weighted by Crippen LogP contribution is -2.45. The predicted molar refractivity (Wildman–Crippen MR) is 112 cm³/mol. The fourth-order valence-electron chi connectivity index (χ4n) is 4.57. The van der Waals surface area contributed by atoms with Gasteiger partial charge in [0.05, 0.1) is 28.3 Å². The van der Waals surface area contributed by atoms with Crippen LogP contribution in [0.1, 0.15) is 41.2 Å². The molecular weight excluding hydrogens is 448 g/mol. The van der Waals surface area contributed by atoms with Crippen molar-refractivity contribution in [1.82, 2.24) is 9.47 Å². The number of likely N-dealkylation sites (N-methyl/N-ethyl adjacent to an activating group) is 1. The van der Waals surface area contributed by atoms with Crippen molar-refractivity contribution >= 4 is 34.2 Å². The average Bonchev–Trinajstić information content (AvgIpc) is 3.47. The summed E-state index contributed by atoms with van der Waals surface area (Å²) in [6.45, 7) is 1.68. The van der Waals surface area contributed by atoms with E-state index in [1.807, 2.05) is 0 Å². The maximum absolute atomic E-state index is 15.5. The van der Waals surface area contributed by atoms with Gasteiger partial charge in [-0.15, -0.1) is 0 Å². The molecule has 1 saturated heterocycles. The lowest BCUT2D eigenvalue weighted by molar-refractivity contribution is -0.185. The Morgan fingerprint density at radius 2 is 1.88 bits per heavy atom. The van der Waals surface area contributed by atoms with Crippen LogP contribution in [0.15, 0.2) is 11.0 Å². The maximum Gasteiger partial charge on any atom is 0.471 e. The minimum atomic E-state index is -5.01. The van der Waals surface area contributed by atoms with Crippen molar-refractivity contribution in [3.63, 3.8) is 0 Å². The number of halogens is 4. The van der Waals surface area contributed by atoms with Crippen LogP contribution >= 0.6 is 0 Å². The first-order valence-corrected chi connectivity index (χ1v) is 10.3. The first kappa shape index (κ1) is 22.9. The molecule has 1 aliphatic heterocycles. The van der Waals surface area contributed by atoms with Crippen molar-refractivity contribution in [2.24, 2.45) is 0 Å². The molecule has 8 nitrogen and oxygen atoms in total. The van der Waals surface area contributed by atoms with E-state index in [1.54, 1.807) is 11.5 Å². The Morgan fingerprint density at radius 3 is 2.42 bits per heavy atom. The lowest BCUT2D eigenvalue weighted by Gasteiger charge is -2.28. The number of alkyl halides is 3. The van der Waals surface area contributed by atoms with E-state index in [9.17, 15) is 32.7 Å². The second kappa shape index (κ2) is 7.63. The van der Waals surface area contributed by atoms with Gasteiger partial charge in [0.1, 0.15) is 5.56 Å². The standard InChI is InChI=1S/C21H22F4N4O4/c1-9-16-13(18(30)12(19(31)32)8-29(16)10-3-4-10)15(26)14(22)17(9)28-6-5-11(7-28)27(2)20(33)21(23,24)25/h8,10-11H,3-7,26H2,1-2H3,(H,31,32)/t11-/m0/s1. The van der Waals surface area contributed by atoms with Crippen LogP contribution < -0.4 is 16.1 Å². The summed E-state index contributed by atoms with van der Waals surface area (Å²) >= 11 is 0. The molecule has 2 fully saturated rings. The molecular formula is C21H22F4N4O4. The summed E-state index contributed by atoms with van der Waals surface area (Å²) in [5, 5.41) is 9.20. The van der Waals surface area contributed by atoms with E-state index in [4.69, 9.17) is 5.73 Å². The van der Waals surface area contributed by atoms with E-state index in [2.05, 4.69) is 0 Å². The highest BCUT2D eigenvalue weighted by Gasteiger charge is 2.44. The second-order valence-electron chi connectivity index (χ2n) is 8.54. The van der Waals surface area contributed by atoms with Crippen molar-refractivity contribution in [1.29, 1.82) is 0 Å². The first-order valence-electron chi connectivity index (χ1n) is 10.3. The number of hydrogen-bond donors (Lipinski definition) is 2. The van der Waals surface area contributed by atoms with E-state index < -0.39 is 46.6 Å². The number of aryl methyl sites for hydroxylation is 1. The quantitative estimate of drug-likeness (QED) is 0.526. The summed E-state index contributed by atoms with van der Waals surface area (Å²) in [7, 11) is 1.06. The van der Waals surface area contributed by atoms with Gasteiger partial charge in [0.2, 0.25) is 5.43 Å². The normalized spacial score (nSPS) is 18.7. The number of rotatable bonds is 4. The van der Waals surface area contributed by atoms with Crippen molar-refractivity contribution in [2.45, 2.75) is 44.4 Å². The Balaban J connectivity index is 1.83. The van der Waals surface area contributed by atoms with Gasteiger partial charge in [0.25, 0.3) is 0 Å². The molecule has 178 valence electrons. The topological polar surface area (TPSA) is 109 Å². The molecule has 1 saturated carbocycles. The molecule has 2 aromatic rings. The number of carboxylic acid groups (broad SMARTS) is 1. The van der Waals surface area contributed by atoms with Crippen LogP contribution in [0.25, 0.3) is 10.9 Å². The molecule has 0 spiro atoms. The highest BCUT2D eigenvalue weighted by atomic mass is 19.4. The molecule has 1 aromatic carbocycles. The molecule has 1 amide bonds. The number of carbonyl (C=O) groups is 2. The number of pyridine rings is 1. The van der Waals surface area contributed by atoms with E-state index in [1.165, 1.54) is 11.1 Å². The predicted octanol–water partition coefficient (Wildman–Crippen LogP) is 2.66. The zero-order valence-corrected chi connectivity index (χ0v) is 17.9. The van der Waals surface area contributed by atoms with Gasteiger partial charge in [0.15, 0.2) is 5.82 Å². The molecule has 0 radical (unpaired) electrons. The summed E-state index contributed by atoms with van der Waals surface area (Å²) in [6.07, 6.45) is -2.10. The first-order chi connectivity index (χ1) is 15.3. The monoisotopic (exact) mass is 470 g/mol. The van der Waals surface area contributed by atoms with Gasteiger partial charge in [-0.25, -0.2) is 9.18 Å². The highest BCUT2D eigenvalue weighted by molar-refractivity contribution is 6.01. The lowest BCUT2D eigenvalue weighted by atomic mass is 10.0. The molecule has 33 heavy (non-hydrogen) atoms. The Morgan fingerprint density at radius 1 is 1.24 bits per heavy atom. The zero-order chi connectivity index (χ0) is 24.4. The van der Waals surface area contributed by atoms with Crippen LogP contribution in [-0.4, -0.2) is 58.8 Å². The largest absolute Gasteiger partial charge is 0.477 e. The number of benzene rings is 1. The van der Waals surface area contributed by atoms with Crippen LogP contribution in [0.5, 0.6) is 0 Å². The van der Waals surface area contributed by atoms with E-state index >= 15 is 4.39 Å². The molecule has 0 unspecified atom stereocenters. The minimum Gasteiger partial charge on any atom is -0.477 e. The number of carbonyl (C=O) groups excluding carboxylic acids is 1. The Kier molecular flexibility index (Phi) is 5.29. The molecule has 1 aromatic heterocycles. The molecule has 3 N–H and O–H groups in total. The number of carboxylic acids is 1. The molecule has 2 heterocycles. The Bertz CT molecular complexity index is 1240. The van der Waals surface area contributed by atoms with Crippen molar-refractivity contribution in [3.8, 4) is 0 Å². The number of anilines is 2. The van der Waals surface area contributed by atoms with Gasteiger partial charge in [-0.2, -0.15) is 13.2 Å². The van der Waals surface area contributed by atoms with Crippen LogP contribution in [0.4, 0.5) is 28.9 Å². The van der Waals surface area contributed by atoms with Crippen LogP contribution in [0.3, 0.4) is 0 Å². The smallest absolute Gasteiger partial charge is 0.471 e. The van der Waals surface area contributed by atoms with Gasteiger partial charge in [-0.1, -0.05) is 0 Å². The average molecular weight is 470 g/mol. The number of hydrogen-bond acceptors (Lipinski definition) is 5. The van der Waals surface area contributed by atoms with E-state index in [-0.39, 0.29) is 36.6 Å². The number of nitrogens with two attached hydrogens (primary N) is 1. The number of aromatic nitrogens is 1. The number of aromatic carboxylic acids is 1. The van der Waals surface area contributed by atoms with Crippen molar-refractivity contribution in [3.05, 3.63) is 33.4 Å². The zero-order valence-electron chi connectivity index (χ0n) is 17.9. The second-order valence-corrected chi connectivity index (χ2v) is 8.54. The van der Waals surface area contributed by atoms with E-state index in [0.717, 1.165) is 19.9 Å². The fourth-order valence-corrected chi connectivity index (χ4v) is 4.57. The van der Waals surface area contributed by atoms with Gasteiger partial charge >= 0.3 is 18.1 Å². The van der Waals surface area contributed by atoms with Crippen LogP contribution in [0.2, 0.25) is 0 Å². The third-order valence-electron chi connectivity index (χ3n) is 6.42. The Labute approximate surface area is 185 Å². The summed E-state index contributed by atoms with van der Waals surface area (Å²) < 4.78 is 55.6. The molecule has 0 bridgehead atoms. The number of nitrogen functional groups attached to an aromatic ring is 1. The summed E-state index contributed by atoms with van der Waals surface area (Å²) in [4.78, 5) is 38.1. The third kappa shape index (κ3) is 3.66. The van der Waals surface area contributed by atoms with Crippen molar-refractivity contribution < 1.29 is 32.3 Å². The maximum atomic E-state index is 15.5. The fraction of sp³-hybridized carbons (Fsp3) is 0.476. The molecule has 1 atom stereocenters. The highest BCUT2D eigenvalue weighted by Crippen LogP contribution is 2.42. The van der Waals surface area contributed by atoms with Gasteiger partial charge in [0, 0.05) is 32.4 Å². The number of fused-ring (bicyclic) bond motifs is 1. The van der Waals surface area contributed by atoms with Crippen molar-refractivity contribution in [2.75, 3.05) is 30.8 Å². The summed E-state index contributed by atoms with van der Waals surface area (Å²) in [5.41, 5.74) is 4.76. The minimum absolute atomic E-state index is 0.0345. The van der Waals surface area contributed by atoms with Gasteiger partial charge in [-0.3, -0.25) is 9.59 Å².